The molecule has 0 saturated carbocycles. The summed E-state index contributed by atoms with van der Waals surface area (Å²) >= 11 is 0. The van der Waals surface area contributed by atoms with E-state index >= 15 is 0 Å². The van der Waals surface area contributed by atoms with E-state index in [1.165, 1.54) is 25.1 Å². The van der Waals surface area contributed by atoms with Crippen LogP contribution in [0, 0.1) is 17.0 Å². The molecule has 0 aliphatic carbocycles. The number of hydrogen-bond donors (Lipinski definition) is 1. The van der Waals surface area contributed by atoms with Gasteiger partial charge in [0.15, 0.2) is 0 Å². The zero-order valence-electron chi connectivity index (χ0n) is 8.99. The van der Waals surface area contributed by atoms with Gasteiger partial charge < -0.3 is 5.73 Å². The van der Waals surface area contributed by atoms with Crippen LogP contribution in [0.1, 0.15) is 11.1 Å². The number of benzene rings is 1. The van der Waals surface area contributed by atoms with Gasteiger partial charge in [-0.3, -0.25) is 10.1 Å². The van der Waals surface area contributed by atoms with E-state index < -0.39 is 17.1 Å². The molecular weight excluding hydrogens is 237 g/mol. The summed E-state index contributed by atoms with van der Waals surface area (Å²) in [6.07, 6.45) is -4.85. The van der Waals surface area contributed by atoms with Crippen LogP contribution in [0.25, 0.3) is 0 Å². The van der Waals surface area contributed by atoms with Crippen LogP contribution in [0.4, 0.5) is 18.9 Å². The molecule has 0 amide bonds. The zero-order valence-corrected chi connectivity index (χ0v) is 8.99. The lowest BCUT2D eigenvalue weighted by molar-refractivity contribution is -0.385. The zero-order chi connectivity index (χ0) is 13.2. The average Bonchev–Trinajstić information content (AvgIpc) is 2.15. The van der Waals surface area contributed by atoms with Crippen molar-refractivity contribution >= 4 is 5.69 Å². The van der Waals surface area contributed by atoms with Crippen molar-refractivity contribution in [2.75, 3.05) is 0 Å². The first-order valence-corrected chi connectivity index (χ1v) is 4.78. The van der Waals surface area contributed by atoms with Crippen molar-refractivity contribution in [3.63, 3.8) is 0 Å². The van der Waals surface area contributed by atoms with E-state index in [1.807, 2.05) is 0 Å². The summed E-state index contributed by atoms with van der Waals surface area (Å²) in [6, 6.07) is 1.87. The molecule has 0 saturated heterocycles. The third kappa shape index (κ3) is 3.42. The Bertz CT molecular complexity index is 432. The Kier molecular flexibility index (Phi) is 3.72. The number of nitro groups is 1. The summed E-state index contributed by atoms with van der Waals surface area (Å²) in [5, 5.41) is 10.5. The highest BCUT2D eigenvalue weighted by Gasteiger charge is 2.36. The normalized spacial score (nSPS) is 13.5. The maximum atomic E-state index is 12.2. The fourth-order valence-corrected chi connectivity index (χ4v) is 1.42. The largest absolute Gasteiger partial charge is 0.403 e. The van der Waals surface area contributed by atoms with Gasteiger partial charge in [0.25, 0.3) is 5.69 Å². The first-order chi connectivity index (χ1) is 7.71. The summed E-state index contributed by atoms with van der Waals surface area (Å²) in [5.41, 5.74) is 5.51. The molecule has 1 atom stereocenters. The second-order valence-electron chi connectivity index (χ2n) is 3.73. The molecule has 2 N–H and O–H groups in total. The van der Waals surface area contributed by atoms with Crippen LogP contribution < -0.4 is 5.73 Å². The van der Waals surface area contributed by atoms with Crippen LogP contribution >= 0.6 is 0 Å². The van der Waals surface area contributed by atoms with E-state index in [-0.39, 0.29) is 12.1 Å². The molecule has 17 heavy (non-hydrogen) atoms. The molecule has 0 fully saturated rings. The van der Waals surface area contributed by atoms with Crippen molar-refractivity contribution in [3.05, 3.63) is 39.4 Å². The molecule has 0 aliphatic rings. The second kappa shape index (κ2) is 4.70. The van der Waals surface area contributed by atoms with Gasteiger partial charge in [0, 0.05) is 11.6 Å². The Morgan fingerprint density at radius 2 is 2.06 bits per heavy atom. The predicted molar refractivity (Wildman–Crippen MR) is 55.6 cm³/mol. The van der Waals surface area contributed by atoms with Gasteiger partial charge in [-0.2, -0.15) is 13.2 Å². The maximum Gasteiger partial charge on any atom is 0.403 e. The Morgan fingerprint density at radius 3 is 2.47 bits per heavy atom. The van der Waals surface area contributed by atoms with Crippen molar-refractivity contribution in [1.82, 2.24) is 0 Å². The summed E-state index contributed by atoms with van der Waals surface area (Å²) in [6.45, 7) is 1.47. The number of alkyl halides is 3. The molecule has 1 rings (SSSR count). The van der Waals surface area contributed by atoms with E-state index in [0.29, 0.717) is 11.1 Å². The van der Waals surface area contributed by atoms with Gasteiger partial charge >= 0.3 is 6.18 Å². The summed E-state index contributed by atoms with van der Waals surface area (Å²) < 4.78 is 36.6. The van der Waals surface area contributed by atoms with Gasteiger partial charge in [0.05, 0.1) is 4.92 Å². The lowest BCUT2D eigenvalue weighted by Gasteiger charge is -2.15. The Labute approximate surface area is 95.4 Å². The number of nitrogens with two attached hydrogens (primary N) is 1. The highest BCUT2D eigenvalue weighted by molar-refractivity contribution is 5.42. The van der Waals surface area contributed by atoms with Crippen LogP contribution in [0.3, 0.4) is 0 Å². The van der Waals surface area contributed by atoms with Gasteiger partial charge in [0.1, 0.15) is 6.04 Å². The second-order valence-corrected chi connectivity index (χ2v) is 3.73. The van der Waals surface area contributed by atoms with E-state index in [0.717, 1.165) is 0 Å². The molecule has 0 aromatic heterocycles. The van der Waals surface area contributed by atoms with Crippen molar-refractivity contribution < 1.29 is 18.1 Å². The highest BCUT2D eigenvalue weighted by Crippen LogP contribution is 2.24. The number of halogens is 3. The topological polar surface area (TPSA) is 69.2 Å². The minimum Gasteiger partial charge on any atom is -0.320 e. The van der Waals surface area contributed by atoms with Gasteiger partial charge in [-0.25, -0.2) is 0 Å². The quantitative estimate of drug-likeness (QED) is 0.659. The fourth-order valence-electron chi connectivity index (χ4n) is 1.42. The van der Waals surface area contributed by atoms with E-state index in [1.54, 1.807) is 0 Å². The Balaban J connectivity index is 2.88. The highest BCUT2D eigenvalue weighted by atomic mass is 19.4. The van der Waals surface area contributed by atoms with Gasteiger partial charge in [0.2, 0.25) is 0 Å². The number of nitro benzene ring substituents is 1. The predicted octanol–water partition coefficient (Wildman–Crippen LogP) is 2.34. The average molecular weight is 248 g/mol. The van der Waals surface area contributed by atoms with Crippen LogP contribution in [0.5, 0.6) is 0 Å². The molecule has 0 aliphatic heterocycles. The molecule has 1 aromatic rings. The molecule has 1 unspecified atom stereocenters. The lowest BCUT2D eigenvalue weighted by Crippen LogP contribution is -2.39. The van der Waals surface area contributed by atoms with E-state index in [4.69, 9.17) is 5.73 Å². The van der Waals surface area contributed by atoms with E-state index in [2.05, 4.69) is 0 Å². The standard InChI is InChI=1S/C10H11F3N2O2/c1-6-4-7(2-3-8(6)15(16)17)5-9(14)10(11,12)13/h2-4,9H,5,14H2,1H3. The summed E-state index contributed by atoms with van der Waals surface area (Å²) in [5.74, 6) is 0. The third-order valence-electron chi connectivity index (χ3n) is 2.33. The molecule has 0 radical (unpaired) electrons. The first kappa shape index (κ1) is 13.4. The SMILES string of the molecule is Cc1cc(CC(N)C(F)(F)F)ccc1[N+](=O)[O-]. The lowest BCUT2D eigenvalue weighted by atomic mass is 10.0. The Hall–Kier alpha value is -1.63. The monoisotopic (exact) mass is 248 g/mol. The Morgan fingerprint density at radius 1 is 1.47 bits per heavy atom. The number of nitrogens with zero attached hydrogens (tertiary/aromatic N) is 1. The van der Waals surface area contributed by atoms with Crippen molar-refractivity contribution in [2.45, 2.75) is 25.6 Å². The molecule has 1 aromatic carbocycles. The van der Waals surface area contributed by atoms with Crippen molar-refractivity contribution in [1.29, 1.82) is 0 Å². The maximum absolute atomic E-state index is 12.2. The number of aryl methyl sites for hydroxylation is 1. The summed E-state index contributed by atoms with van der Waals surface area (Å²) in [7, 11) is 0. The number of rotatable bonds is 3. The van der Waals surface area contributed by atoms with Crippen LogP contribution in [0.2, 0.25) is 0 Å². The number of hydrogen-bond acceptors (Lipinski definition) is 3. The minimum absolute atomic E-state index is 0.116. The minimum atomic E-state index is -4.46. The summed E-state index contributed by atoms with van der Waals surface area (Å²) in [4.78, 5) is 9.93. The molecule has 7 heteroatoms. The van der Waals surface area contributed by atoms with Crippen LogP contribution in [0.15, 0.2) is 18.2 Å². The molecular formula is C10H11F3N2O2. The van der Waals surface area contributed by atoms with E-state index in [9.17, 15) is 23.3 Å². The fraction of sp³-hybridized carbons (Fsp3) is 0.400. The molecule has 94 valence electrons. The van der Waals surface area contributed by atoms with Gasteiger partial charge in [-0.1, -0.05) is 6.07 Å². The van der Waals surface area contributed by atoms with Crippen LogP contribution in [-0.4, -0.2) is 17.1 Å². The van der Waals surface area contributed by atoms with Crippen LogP contribution in [-0.2, 0) is 6.42 Å². The third-order valence-corrected chi connectivity index (χ3v) is 2.33. The molecule has 0 spiro atoms. The van der Waals surface area contributed by atoms with Gasteiger partial charge in [-0.05, 0) is 25.0 Å². The van der Waals surface area contributed by atoms with Crippen molar-refractivity contribution in [3.8, 4) is 0 Å². The first-order valence-electron chi connectivity index (χ1n) is 4.78. The molecule has 0 bridgehead atoms. The molecule has 4 nitrogen and oxygen atoms in total. The smallest absolute Gasteiger partial charge is 0.320 e. The molecule has 0 heterocycles. The van der Waals surface area contributed by atoms with Crippen molar-refractivity contribution in [2.24, 2.45) is 5.73 Å². The van der Waals surface area contributed by atoms with Gasteiger partial charge in [-0.15, -0.1) is 0 Å².